The number of hydrogen-bond donors (Lipinski definition) is 4. The third kappa shape index (κ3) is 6.60. The molecule has 0 saturated heterocycles. The van der Waals surface area contributed by atoms with Crippen LogP contribution >= 0.6 is 0 Å². The molecule has 12 nitrogen and oxygen atoms in total. The number of methoxy groups -OCH3 is 2. The lowest BCUT2D eigenvalue weighted by atomic mass is 10.0. The summed E-state index contributed by atoms with van der Waals surface area (Å²) in [6.07, 6.45) is 7.47. The first kappa shape index (κ1) is 30.1. The van der Waals surface area contributed by atoms with Crippen molar-refractivity contribution in [1.29, 1.82) is 0 Å². The van der Waals surface area contributed by atoms with Crippen LogP contribution in [0.15, 0.2) is 73.3 Å². The minimum Gasteiger partial charge on any atom is -0.493 e. The molecule has 0 aliphatic carbocycles. The maximum atomic E-state index is 11.3. The highest BCUT2D eigenvalue weighted by molar-refractivity contribution is 7.85. The number of hydrogen-bond acceptors (Lipinski definition) is 10. The number of aromatic amines is 1. The zero-order valence-electron chi connectivity index (χ0n) is 24.6. The number of nitrogens with zero attached hydrogens (tertiary/aromatic N) is 3. The fraction of sp³-hybridized carbons (Fsp3) is 0.219. The van der Waals surface area contributed by atoms with Crippen LogP contribution in [0.25, 0.3) is 43.8 Å². The van der Waals surface area contributed by atoms with Crippen LogP contribution in [0.5, 0.6) is 17.2 Å². The van der Waals surface area contributed by atoms with E-state index in [1.807, 2.05) is 54.7 Å². The van der Waals surface area contributed by atoms with Crippen molar-refractivity contribution in [2.45, 2.75) is 12.5 Å². The quantitative estimate of drug-likeness (QED) is 0.112. The molecule has 4 heterocycles. The van der Waals surface area contributed by atoms with Crippen LogP contribution < -0.4 is 25.3 Å². The molecule has 0 aliphatic heterocycles. The van der Waals surface area contributed by atoms with Crippen LogP contribution in [0.1, 0.15) is 5.56 Å². The van der Waals surface area contributed by atoms with Crippen molar-refractivity contribution in [3.05, 3.63) is 78.9 Å². The van der Waals surface area contributed by atoms with Gasteiger partial charge in [-0.2, -0.15) is 8.42 Å². The monoisotopic (exact) mass is 628 g/mol. The molecular formula is C32H32N6O6S. The molecule has 0 fully saturated rings. The van der Waals surface area contributed by atoms with Gasteiger partial charge in [-0.1, -0.05) is 18.2 Å². The minimum atomic E-state index is -4.11. The van der Waals surface area contributed by atoms with E-state index in [1.54, 1.807) is 32.8 Å². The summed E-state index contributed by atoms with van der Waals surface area (Å²) >= 11 is 0. The number of benzene rings is 2. The predicted molar refractivity (Wildman–Crippen MR) is 173 cm³/mol. The second kappa shape index (κ2) is 12.6. The van der Waals surface area contributed by atoms with Gasteiger partial charge in [0.2, 0.25) is 0 Å². The molecule has 0 spiro atoms. The molecule has 1 unspecified atom stereocenters. The molecule has 45 heavy (non-hydrogen) atoms. The third-order valence-electron chi connectivity index (χ3n) is 7.61. The highest BCUT2D eigenvalue weighted by Crippen LogP contribution is 2.37. The van der Waals surface area contributed by atoms with Gasteiger partial charge >= 0.3 is 0 Å². The van der Waals surface area contributed by atoms with Crippen LogP contribution in [-0.2, 0) is 16.5 Å². The smallest absolute Gasteiger partial charge is 0.266 e. The Kier molecular flexibility index (Phi) is 8.39. The summed E-state index contributed by atoms with van der Waals surface area (Å²) in [7, 11) is -0.959. The Balaban J connectivity index is 1.27. The lowest BCUT2D eigenvalue weighted by Crippen LogP contribution is -2.39. The van der Waals surface area contributed by atoms with Gasteiger partial charge < -0.3 is 30.2 Å². The van der Waals surface area contributed by atoms with Crippen LogP contribution in [0.3, 0.4) is 0 Å². The number of aromatic nitrogens is 4. The summed E-state index contributed by atoms with van der Waals surface area (Å²) in [6.45, 7) is 0.272. The second-order valence-electron chi connectivity index (χ2n) is 10.6. The number of para-hydroxylation sites is 1. The van der Waals surface area contributed by atoms with Crippen molar-refractivity contribution in [2.75, 3.05) is 38.9 Å². The van der Waals surface area contributed by atoms with E-state index in [2.05, 4.69) is 25.3 Å². The van der Waals surface area contributed by atoms with E-state index in [-0.39, 0.29) is 19.2 Å². The average molecular weight is 629 g/mol. The largest absolute Gasteiger partial charge is 0.493 e. The molecule has 0 radical (unpaired) electrons. The summed E-state index contributed by atoms with van der Waals surface area (Å²) in [4.78, 5) is 16.8. The maximum Gasteiger partial charge on any atom is 0.266 e. The first-order valence-electron chi connectivity index (χ1n) is 14.1. The highest BCUT2D eigenvalue weighted by atomic mass is 32.2. The number of anilines is 1. The van der Waals surface area contributed by atoms with Crippen LogP contribution in [-0.4, -0.2) is 72.1 Å². The van der Waals surface area contributed by atoms with E-state index in [0.717, 1.165) is 32.8 Å². The topological polar surface area (TPSA) is 175 Å². The van der Waals surface area contributed by atoms with Crippen LogP contribution in [0.4, 0.5) is 5.82 Å². The Labute approximate surface area is 259 Å². The SMILES string of the molecule is COc1cc2ncc3c(N)nc(-c4cncc(OCC(Cc5c[nH]c6ccccc56)NCCS(=O)(=O)O)c4)cc3c2cc1OC. The van der Waals surface area contributed by atoms with Crippen molar-refractivity contribution < 1.29 is 27.2 Å². The first-order chi connectivity index (χ1) is 21.7. The number of rotatable bonds is 12. The van der Waals surface area contributed by atoms with Crippen molar-refractivity contribution in [3.8, 4) is 28.5 Å². The predicted octanol–water partition coefficient (Wildman–Crippen LogP) is 4.39. The zero-order chi connectivity index (χ0) is 31.6. The van der Waals surface area contributed by atoms with Crippen molar-refractivity contribution in [2.24, 2.45) is 0 Å². The Morgan fingerprint density at radius 1 is 0.978 bits per heavy atom. The number of pyridine rings is 3. The Hall–Kier alpha value is -4.98. The normalized spacial score (nSPS) is 12.5. The zero-order valence-corrected chi connectivity index (χ0v) is 25.5. The number of nitrogens with two attached hydrogens (primary N) is 1. The molecule has 4 aromatic heterocycles. The van der Waals surface area contributed by atoms with E-state index in [4.69, 9.17) is 19.9 Å². The maximum absolute atomic E-state index is 11.3. The molecule has 1 atom stereocenters. The molecule has 13 heteroatoms. The summed E-state index contributed by atoms with van der Waals surface area (Å²) in [5, 5.41) is 6.65. The van der Waals surface area contributed by atoms with Crippen molar-refractivity contribution in [3.63, 3.8) is 0 Å². The molecule has 2 aromatic carbocycles. The van der Waals surface area contributed by atoms with E-state index in [1.165, 1.54) is 0 Å². The lowest BCUT2D eigenvalue weighted by Gasteiger charge is -2.19. The highest BCUT2D eigenvalue weighted by Gasteiger charge is 2.17. The summed E-state index contributed by atoms with van der Waals surface area (Å²) in [5.41, 5.74) is 10.5. The minimum absolute atomic E-state index is 0.0628. The summed E-state index contributed by atoms with van der Waals surface area (Å²) < 4.78 is 49.0. The number of ether oxygens (including phenoxy) is 3. The van der Waals surface area contributed by atoms with Gasteiger partial charge in [0.15, 0.2) is 11.5 Å². The van der Waals surface area contributed by atoms with E-state index in [9.17, 15) is 13.0 Å². The molecule has 5 N–H and O–H groups in total. The van der Waals surface area contributed by atoms with Crippen LogP contribution in [0, 0.1) is 0 Å². The molecule has 0 amide bonds. The first-order valence-corrected chi connectivity index (χ1v) is 15.8. The van der Waals surface area contributed by atoms with Gasteiger partial charge in [-0.05, 0) is 41.6 Å². The van der Waals surface area contributed by atoms with Gasteiger partial charge in [-0.15, -0.1) is 0 Å². The van der Waals surface area contributed by atoms with Gasteiger partial charge in [0.1, 0.15) is 18.2 Å². The Morgan fingerprint density at radius 3 is 2.58 bits per heavy atom. The molecule has 232 valence electrons. The Bertz CT molecular complexity index is 2120. The molecule has 0 bridgehead atoms. The van der Waals surface area contributed by atoms with Crippen molar-refractivity contribution in [1.82, 2.24) is 25.3 Å². The number of nitrogen functional groups attached to an aromatic ring is 1. The van der Waals surface area contributed by atoms with Gasteiger partial charge in [-0.3, -0.25) is 14.5 Å². The molecule has 0 aliphatic rings. The fourth-order valence-electron chi connectivity index (χ4n) is 5.39. The third-order valence-corrected chi connectivity index (χ3v) is 8.33. The molecular weight excluding hydrogens is 596 g/mol. The average Bonchev–Trinajstić information content (AvgIpc) is 3.44. The number of fused-ring (bicyclic) bond motifs is 4. The lowest BCUT2D eigenvalue weighted by molar-refractivity contribution is 0.264. The molecule has 0 saturated carbocycles. The molecule has 6 aromatic rings. The summed E-state index contributed by atoms with van der Waals surface area (Å²) in [5.74, 6) is 1.55. The summed E-state index contributed by atoms with van der Waals surface area (Å²) in [6, 6.07) is 15.1. The van der Waals surface area contributed by atoms with E-state index in [0.29, 0.717) is 46.1 Å². The van der Waals surface area contributed by atoms with Gasteiger partial charge in [0.05, 0.1) is 37.4 Å². The number of H-pyrrole nitrogens is 1. The van der Waals surface area contributed by atoms with E-state index < -0.39 is 15.9 Å². The van der Waals surface area contributed by atoms with Crippen molar-refractivity contribution >= 4 is 48.5 Å². The van der Waals surface area contributed by atoms with Gasteiger partial charge in [0.25, 0.3) is 10.1 Å². The number of nitrogens with one attached hydrogen (secondary N) is 2. The fourth-order valence-corrected chi connectivity index (χ4v) is 5.76. The van der Waals surface area contributed by atoms with Gasteiger partial charge in [-0.25, -0.2) is 4.98 Å². The van der Waals surface area contributed by atoms with Crippen LogP contribution in [0.2, 0.25) is 0 Å². The van der Waals surface area contributed by atoms with E-state index >= 15 is 0 Å². The van der Waals surface area contributed by atoms with Gasteiger partial charge in [0, 0.05) is 64.5 Å². The molecule has 6 rings (SSSR count). The second-order valence-corrected chi connectivity index (χ2v) is 12.1. The Morgan fingerprint density at radius 2 is 1.78 bits per heavy atom. The standard InChI is InChI=1S/C32H32N6O6S/c1-42-30-12-25-24-11-28(38-32(33)26(24)17-37-29(25)13-31(30)43-2)20-10-22(16-34-14-20)44-18-21(35-7-8-45(39,40)41)9-19-15-36-27-6-4-3-5-23(19)27/h3-6,10-17,21,35-36H,7-9,18H2,1-2H3,(H2,33,38)(H,39,40,41).